The van der Waals surface area contributed by atoms with Crippen LogP contribution in [0.4, 0.5) is 0 Å². The summed E-state index contributed by atoms with van der Waals surface area (Å²) in [6.45, 7) is 5.69. The van der Waals surface area contributed by atoms with E-state index in [1.807, 2.05) is 32.1 Å². The number of nitrogens with zero attached hydrogens (tertiary/aromatic N) is 2. The van der Waals surface area contributed by atoms with Crippen molar-refractivity contribution in [1.82, 2.24) is 4.57 Å². The normalized spacial score (nSPS) is 15.5. The van der Waals surface area contributed by atoms with Crippen LogP contribution in [0.2, 0.25) is 5.02 Å². The number of benzene rings is 2. The number of esters is 1. The van der Waals surface area contributed by atoms with E-state index in [4.69, 9.17) is 25.8 Å². The Morgan fingerprint density at radius 1 is 1.19 bits per heavy atom. The molecule has 0 fully saturated rings. The topological polar surface area (TPSA) is 79.1 Å². The lowest BCUT2D eigenvalue weighted by molar-refractivity contribution is -0.136. The molecular weight excluding hydrogens is 742 g/mol. The number of aromatic nitrogens is 1. The van der Waals surface area contributed by atoms with Crippen molar-refractivity contribution >= 4 is 80.2 Å². The van der Waals surface area contributed by atoms with Gasteiger partial charge in [0.2, 0.25) is 0 Å². The monoisotopic (exact) mass is 764 g/mol. The zero-order chi connectivity index (χ0) is 27.0. The summed E-state index contributed by atoms with van der Waals surface area (Å²) in [5.41, 5.74) is 1.86. The quantitative estimate of drug-likeness (QED) is 0.259. The molecule has 37 heavy (non-hydrogen) atoms. The molecule has 4 rings (SSSR count). The largest absolute Gasteiger partial charge is 0.496 e. The molecule has 1 aliphatic rings. The zero-order valence-electron chi connectivity index (χ0n) is 20.6. The molecule has 2 aromatic carbocycles. The molecule has 0 spiro atoms. The molecule has 0 radical (unpaired) electrons. The molecule has 1 aromatic heterocycles. The average molecular weight is 765 g/mol. The molecule has 11 heteroatoms. The maximum Gasteiger partial charge on any atom is 0.338 e. The van der Waals surface area contributed by atoms with Crippen LogP contribution in [0.3, 0.4) is 0 Å². The predicted molar refractivity (Wildman–Crippen MR) is 161 cm³/mol. The SMILES string of the molecule is COC(=O)C1=C(C)N=c2s/c(=C\c3cc(I)c(OC(C)C)c(I)c3)c(=O)n2[C@H]1c1cc(Cl)ccc1OC. The molecule has 0 bridgehead atoms. The molecule has 0 saturated carbocycles. The van der Waals surface area contributed by atoms with Gasteiger partial charge in [-0.05, 0) is 108 Å². The third-order valence-electron chi connectivity index (χ3n) is 5.59. The Morgan fingerprint density at radius 2 is 1.86 bits per heavy atom. The maximum atomic E-state index is 13.8. The van der Waals surface area contributed by atoms with Crippen LogP contribution < -0.4 is 24.4 Å². The van der Waals surface area contributed by atoms with E-state index in [1.54, 1.807) is 25.1 Å². The molecule has 2 heterocycles. The van der Waals surface area contributed by atoms with Gasteiger partial charge in [0.25, 0.3) is 5.56 Å². The predicted octanol–water partition coefficient (Wildman–Crippen LogP) is 5.07. The van der Waals surface area contributed by atoms with Gasteiger partial charge in [-0.2, -0.15) is 0 Å². The Balaban J connectivity index is 1.96. The van der Waals surface area contributed by atoms with E-state index in [-0.39, 0.29) is 17.2 Å². The standard InChI is InChI=1S/C26H23ClI2N2O5S/c1-12(2)36-23-17(28)8-14(9-18(23)29)10-20-24(32)31-22(16-11-15(27)6-7-19(16)34-4)21(25(33)35-5)13(3)30-26(31)37-20/h6-12,22H,1-5H3/b20-10-/t22-/m0/s1. The third kappa shape index (κ3) is 5.62. The lowest BCUT2D eigenvalue weighted by atomic mass is 9.95. The van der Waals surface area contributed by atoms with E-state index in [1.165, 1.54) is 30.1 Å². The summed E-state index contributed by atoms with van der Waals surface area (Å²) in [6.07, 6.45) is 1.88. The van der Waals surface area contributed by atoms with Crippen molar-refractivity contribution in [2.75, 3.05) is 14.2 Å². The highest BCUT2D eigenvalue weighted by Crippen LogP contribution is 2.37. The van der Waals surface area contributed by atoms with Gasteiger partial charge in [-0.15, -0.1) is 0 Å². The van der Waals surface area contributed by atoms with E-state index in [0.717, 1.165) is 18.5 Å². The summed E-state index contributed by atoms with van der Waals surface area (Å²) < 4.78 is 20.5. The molecule has 1 aliphatic heterocycles. The first-order valence-electron chi connectivity index (χ1n) is 11.2. The van der Waals surface area contributed by atoms with Crippen LogP contribution in [0, 0.1) is 7.14 Å². The molecule has 7 nitrogen and oxygen atoms in total. The lowest BCUT2D eigenvalue weighted by Crippen LogP contribution is -2.40. The highest BCUT2D eigenvalue weighted by atomic mass is 127. The fourth-order valence-electron chi connectivity index (χ4n) is 4.07. The summed E-state index contributed by atoms with van der Waals surface area (Å²) in [7, 11) is 2.83. The van der Waals surface area contributed by atoms with Crippen LogP contribution in [0.5, 0.6) is 11.5 Å². The molecule has 0 amide bonds. The number of ether oxygens (including phenoxy) is 3. The zero-order valence-corrected chi connectivity index (χ0v) is 26.5. The highest BCUT2D eigenvalue weighted by Gasteiger charge is 2.35. The number of methoxy groups -OCH3 is 2. The smallest absolute Gasteiger partial charge is 0.338 e. The van der Waals surface area contributed by atoms with Gasteiger partial charge in [0.1, 0.15) is 17.5 Å². The van der Waals surface area contributed by atoms with Gasteiger partial charge in [-0.1, -0.05) is 22.9 Å². The number of allylic oxidation sites excluding steroid dienone is 1. The number of rotatable bonds is 6. The van der Waals surface area contributed by atoms with Crippen LogP contribution in [-0.2, 0) is 9.53 Å². The van der Waals surface area contributed by atoms with Gasteiger partial charge in [-0.3, -0.25) is 9.36 Å². The number of carbonyl (C=O) groups excluding carboxylic acids is 1. The van der Waals surface area contributed by atoms with Crippen molar-refractivity contribution < 1.29 is 19.0 Å². The average Bonchev–Trinajstić information content (AvgIpc) is 3.14. The first kappa shape index (κ1) is 28.1. The van der Waals surface area contributed by atoms with E-state index in [0.29, 0.717) is 31.4 Å². The van der Waals surface area contributed by atoms with Crippen molar-refractivity contribution in [2.24, 2.45) is 4.99 Å². The highest BCUT2D eigenvalue weighted by molar-refractivity contribution is 14.1. The Labute approximate surface area is 250 Å². The number of carbonyl (C=O) groups is 1. The van der Waals surface area contributed by atoms with Gasteiger partial charge in [0.05, 0.1) is 43.3 Å². The summed E-state index contributed by atoms with van der Waals surface area (Å²) in [5, 5.41) is 0.449. The summed E-state index contributed by atoms with van der Waals surface area (Å²) in [6, 6.07) is 8.23. The molecule has 0 unspecified atom stereocenters. The first-order valence-corrected chi connectivity index (χ1v) is 14.5. The van der Waals surface area contributed by atoms with Crippen molar-refractivity contribution in [3.8, 4) is 11.5 Å². The summed E-state index contributed by atoms with van der Waals surface area (Å²) in [4.78, 5) is 31.8. The van der Waals surface area contributed by atoms with E-state index >= 15 is 0 Å². The van der Waals surface area contributed by atoms with Gasteiger partial charge < -0.3 is 14.2 Å². The van der Waals surface area contributed by atoms with Crippen molar-refractivity contribution in [3.05, 3.63) is 84.6 Å². The molecule has 0 aliphatic carbocycles. The second-order valence-electron chi connectivity index (χ2n) is 8.44. The van der Waals surface area contributed by atoms with Crippen molar-refractivity contribution in [1.29, 1.82) is 0 Å². The third-order valence-corrected chi connectivity index (χ3v) is 8.41. The molecule has 3 aromatic rings. The summed E-state index contributed by atoms with van der Waals surface area (Å²) in [5.74, 6) is 0.735. The van der Waals surface area contributed by atoms with Crippen LogP contribution in [0.25, 0.3) is 6.08 Å². The minimum Gasteiger partial charge on any atom is -0.496 e. The van der Waals surface area contributed by atoms with Crippen LogP contribution in [-0.4, -0.2) is 30.9 Å². The van der Waals surface area contributed by atoms with E-state index in [9.17, 15) is 9.59 Å². The fraction of sp³-hybridized carbons (Fsp3) is 0.269. The van der Waals surface area contributed by atoms with Crippen LogP contribution in [0.1, 0.15) is 37.9 Å². The summed E-state index contributed by atoms with van der Waals surface area (Å²) >= 11 is 12.1. The number of hydrogen-bond donors (Lipinski definition) is 0. The lowest BCUT2D eigenvalue weighted by Gasteiger charge is -2.25. The molecule has 0 N–H and O–H groups in total. The minimum absolute atomic E-state index is 0.0484. The van der Waals surface area contributed by atoms with Gasteiger partial charge >= 0.3 is 5.97 Å². The van der Waals surface area contributed by atoms with Gasteiger partial charge in [0, 0.05) is 10.6 Å². The Bertz CT molecular complexity index is 1590. The fourth-order valence-corrected chi connectivity index (χ4v) is 7.37. The molecular formula is C26H23ClI2N2O5S. The Kier molecular flexibility index (Phi) is 8.71. The van der Waals surface area contributed by atoms with Gasteiger partial charge in [-0.25, -0.2) is 9.79 Å². The molecule has 0 saturated heterocycles. The number of halogens is 3. The minimum atomic E-state index is -0.818. The number of hydrogen-bond acceptors (Lipinski definition) is 7. The van der Waals surface area contributed by atoms with Crippen LogP contribution >= 0.6 is 68.1 Å². The molecule has 194 valence electrons. The molecule has 1 atom stereocenters. The second kappa shape index (κ2) is 11.5. The number of fused-ring (bicyclic) bond motifs is 1. The van der Waals surface area contributed by atoms with Crippen molar-refractivity contribution in [3.63, 3.8) is 0 Å². The van der Waals surface area contributed by atoms with Crippen LogP contribution in [0.15, 0.2) is 51.4 Å². The van der Waals surface area contributed by atoms with Crippen molar-refractivity contribution in [2.45, 2.75) is 32.9 Å². The Hall–Kier alpha value is -1.90. The van der Waals surface area contributed by atoms with Gasteiger partial charge in [0.15, 0.2) is 4.80 Å². The Morgan fingerprint density at radius 3 is 2.46 bits per heavy atom. The van der Waals surface area contributed by atoms with E-state index < -0.39 is 12.0 Å². The number of thiazole rings is 1. The second-order valence-corrected chi connectivity index (χ2v) is 12.2. The maximum absolute atomic E-state index is 13.8. The first-order chi connectivity index (χ1) is 17.5. The van der Waals surface area contributed by atoms with E-state index in [2.05, 4.69) is 50.2 Å².